The lowest BCUT2D eigenvalue weighted by Gasteiger charge is -2.34. The highest BCUT2D eigenvalue weighted by atomic mass is 32.2. The van der Waals surface area contributed by atoms with Crippen LogP contribution < -0.4 is 9.47 Å². The molecule has 1 atom stereocenters. The van der Waals surface area contributed by atoms with Crippen molar-refractivity contribution in [2.24, 2.45) is 5.92 Å². The fraction of sp³-hybridized carbons (Fsp3) is 0.458. The topological polar surface area (TPSA) is 76.2 Å². The Hall–Kier alpha value is -2.58. The van der Waals surface area contributed by atoms with Crippen molar-refractivity contribution in [2.45, 2.75) is 36.6 Å². The lowest BCUT2D eigenvalue weighted by Crippen LogP contribution is -2.44. The van der Waals surface area contributed by atoms with Crippen molar-refractivity contribution in [1.82, 2.24) is 9.21 Å². The number of hydrogen-bond donors (Lipinski definition) is 0. The molecule has 2 fully saturated rings. The van der Waals surface area contributed by atoms with E-state index in [1.54, 1.807) is 44.6 Å². The maximum atomic E-state index is 13.5. The minimum Gasteiger partial charge on any atom is -0.497 e. The van der Waals surface area contributed by atoms with Crippen LogP contribution in [0.4, 0.5) is 0 Å². The number of carbonyl (C=O) groups excluding carboxylic acids is 1. The third kappa shape index (κ3) is 4.34. The van der Waals surface area contributed by atoms with Crippen molar-refractivity contribution < 1.29 is 22.7 Å². The predicted molar refractivity (Wildman–Crippen MR) is 121 cm³/mol. The Kier molecular flexibility index (Phi) is 6.71. The van der Waals surface area contributed by atoms with E-state index < -0.39 is 10.0 Å². The van der Waals surface area contributed by atoms with E-state index in [1.807, 2.05) is 23.1 Å². The molecule has 4 rings (SSSR count). The van der Waals surface area contributed by atoms with Gasteiger partial charge in [-0.3, -0.25) is 4.79 Å². The molecule has 0 saturated carbocycles. The number of rotatable bonds is 6. The van der Waals surface area contributed by atoms with Gasteiger partial charge in [0.25, 0.3) is 0 Å². The first-order chi connectivity index (χ1) is 15.5. The molecule has 2 aliphatic rings. The minimum atomic E-state index is -3.52. The number of methoxy groups -OCH3 is 2. The summed E-state index contributed by atoms with van der Waals surface area (Å²) in [6.07, 6.45) is 2.86. The Morgan fingerprint density at radius 3 is 2.31 bits per heavy atom. The third-order valence-corrected chi connectivity index (χ3v) is 8.43. The van der Waals surface area contributed by atoms with Gasteiger partial charge < -0.3 is 14.4 Å². The van der Waals surface area contributed by atoms with E-state index in [4.69, 9.17) is 9.47 Å². The first-order valence-electron chi connectivity index (χ1n) is 11.0. The third-order valence-electron chi connectivity index (χ3n) is 6.52. The number of hydrogen-bond acceptors (Lipinski definition) is 5. The molecule has 1 unspecified atom stereocenters. The number of likely N-dealkylation sites (tertiary alicyclic amines) is 1. The summed E-state index contributed by atoms with van der Waals surface area (Å²) in [5.74, 6) is 1.42. The molecule has 0 radical (unpaired) electrons. The van der Waals surface area contributed by atoms with Crippen LogP contribution in [-0.4, -0.2) is 57.4 Å². The second-order valence-corrected chi connectivity index (χ2v) is 10.2. The summed E-state index contributed by atoms with van der Waals surface area (Å²) in [7, 11) is -0.263. The molecular weight excluding hydrogens is 428 g/mol. The molecule has 7 nitrogen and oxygen atoms in total. The second kappa shape index (κ2) is 9.50. The van der Waals surface area contributed by atoms with Gasteiger partial charge in [0.05, 0.1) is 25.2 Å². The first kappa shape index (κ1) is 22.6. The Morgan fingerprint density at radius 1 is 0.938 bits per heavy atom. The Morgan fingerprint density at radius 2 is 1.66 bits per heavy atom. The van der Waals surface area contributed by atoms with Crippen LogP contribution in [0.2, 0.25) is 0 Å². The van der Waals surface area contributed by atoms with E-state index in [0.717, 1.165) is 29.9 Å². The summed E-state index contributed by atoms with van der Waals surface area (Å²) in [5, 5.41) is 0. The highest BCUT2D eigenvalue weighted by Crippen LogP contribution is 2.40. The molecule has 0 spiro atoms. The maximum absolute atomic E-state index is 13.5. The van der Waals surface area contributed by atoms with Gasteiger partial charge in [0.15, 0.2) is 0 Å². The molecule has 32 heavy (non-hydrogen) atoms. The summed E-state index contributed by atoms with van der Waals surface area (Å²) >= 11 is 0. The molecule has 2 saturated heterocycles. The fourth-order valence-electron chi connectivity index (χ4n) is 4.77. The van der Waals surface area contributed by atoms with Crippen LogP contribution in [-0.2, 0) is 14.8 Å². The smallest absolute Gasteiger partial charge is 0.243 e. The van der Waals surface area contributed by atoms with Gasteiger partial charge in [-0.2, -0.15) is 4.31 Å². The number of sulfonamides is 1. The maximum Gasteiger partial charge on any atom is 0.243 e. The molecule has 1 amide bonds. The van der Waals surface area contributed by atoms with Crippen molar-refractivity contribution in [3.63, 3.8) is 0 Å². The number of benzene rings is 2. The van der Waals surface area contributed by atoms with E-state index in [-0.39, 0.29) is 17.9 Å². The average molecular weight is 459 g/mol. The van der Waals surface area contributed by atoms with Crippen molar-refractivity contribution in [3.05, 3.63) is 54.1 Å². The van der Waals surface area contributed by atoms with Crippen molar-refractivity contribution >= 4 is 15.9 Å². The summed E-state index contributed by atoms with van der Waals surface area (Å²) < 4.78 is 38.2. The monoisotopic (exact) mass is 458 g/mol. The molecule has 0 N–H and O–H groups in total. The molecule has 2 aromatic carbocycles. The van der Waals surface area contributed by atoms with Crippen LogP contribution >= 0.6 is 0 Å². The standard InChI is InChI=1S/C24H30N2O5S/c1-30-19-10-11-23(31-2)21(17-19)22-9-6-14-26(22)24(27)18-12-15-25(16-13-18)32(28,29)20-7-4-3-5-8-20/h3-5,7-8,10-11,17-18,22H,6,9,12-16H2,1-2H3. The quantitative estimate of drug-likeness (QED) is 0.663. The molecular formula is C24H30N2O5S. The van der Waals surface area contributed by atoms with Gasteiger partial charge in [-0.25, -0.2) is 8.42 Å². The highest BCUT2D eigenvalue weighted by molar-refractivity contribution is 7.89. The van der Waals surface area contributed by atoms with Gasteiger partial charge >= 0.3 is 0 Å². The van der Waals surface area contributed by atoms with Crippen molar-refractivity contribution in [2.75, 3.05) is 33.9 Å². The van der Waals surface area contributed by atoms with Crippen LogP contribution in [0.15, 0.2) is 53.4 Å². The molecule has 0 bridgehead atoms. The van der Waals surface area contributed by atoms with Crippen LogP contribution in [0.5, 0.6) is 11.5 Å². The molecule has 0 aromatic heterocycles. The Labute approximate surface area is 190 Å². The van der Waals surface area contributed by atoms with Gasteiger partial charge in [-0.05, 0) is 56.0 Å². The molecule has 8 heteroatoms. The molecule has 172 valence electrons. The SMILES string of the molecule is COc1ccc(OC)c(C2CCCN2C(=O)C2CCN(S(=O)(=O)c3ccccc3)CC2)c1. The summed E-state index contributed by atoms with van der Waals surface area (Å²) in [4.78, 5) is 15.7. The van der Waals surface area contributed by atoms with Crippen molar-refractivity contribution in [3.8, 4) is 11.5 Å². The van der Waals surface area contributed by atoms with Gasteiger partial charge in [0.2, 0.25) is 15.9 Å². The van der Waals surface area contributed by atoms with Gasteiger partial charge in [0.1, 0.15) is 11.5 Å². The number of ether oxygens (including phenoxy) is 2. The van der Waals surface area contributed by atoms with E-state index in [9.17, 15) is 13.2 Å². The predicted octanol–water partition coefficient (Wildman–Crippen LogP) is 3.47. The molecule has 2 heterocycles. The largest absolute Gasteiger partial charge is 0.497 e. The van der Waals surface area contributed by atoms with E-state index in [0.29, 0.717) is 37.4 Å². The summed E-state index contributed by atoms with van der Waals surface area (Å²) in [6.45, 7) is 1.41. The van der Waals surface area contributed by atoms with Gasteiger partial charge in [-0.15, -0.1) is 0 Å². The first-order valence-corrected chi connectivity index (χ1v) is 12.5. The van der Waals surface area contributed by atoms with Crippen LogP contribution in [0.3, 0.4) is 0 Å². The Bertz CT molecular complexity index is 1050. The van der Waals surface area contributed by atoms with Crippen LogP contribution in [0.1, 0.15) is 37.3 Å². The van der Waals surface area contributed by atoms with E-state index in [2.05, 4.69) is 0 Å². The van der Waals surface area contributed by atoms with Crippen molar-refractivity contribution in [1.29, 1.82) is 0 Å². The van der Waals surface area contributed by atoms with E-state index in [1.165, 1.54) is 4.31 Å². The second-order valence-electron chi connectivity index (χ2n) is 8.29. The molecule has 2 aliphatic heterocycles. The summed E-state index contributed by atoms with van der Waals surface area (Å²) in [5.41, 5.74) is 0.960. The van der Waals surface area contributed by atoms with Crippen LogP contribution in [0.25, 0.3) is 0 Å². The zero-order valence-electron chi connectivity index (χ0n) is 18.6. The van der Waals surface area contributed by atoms with Gasteiger partial charge in [-0.1, -0.05) is 18.2 Å². The lowest BCUT2D eigenvalue weighted by molar-refractivity contribution is -0.137. The lowest BCUT2D eigenvalue weighted by atomic mass is 9.95. The highest BCUT2D eigenvalue weighted by Gasteiger charge is 2.38. The number of nitrogens with zero attached hydrogens (tertiary/aromatic N) is 2. The van der Waals surface area contributed by atoms with Crippen LogP contribution in [0, 0.1) is 5.92 Å². The summed E-state index contributed by atoms with van der Waals surface area (Å²) in [6, 6.07) is 14.1. The zero-order chi connectivity index (χ0) is 22.7. The number of amides is 1. The Balaban J connectivity index is 1.46. The zero-order valence-corrected chi connectivity index (χ0v) is 19.4. The molecule has 2 aromatic rings. The minimum absolute atomic E-state index is 0.0568. The molecule has 0 aliphatic carbocycles. The average Bonchev–Trinajstić information content (AvgIpc) is 3.33. The van der Waals surface area contributed by atoms with Gasteiger partial charge in [0, 0.05) is 31.1 Å². The normalized spacial score (nSPS) is 20.3. The number of carbonyl (C=O) groups is 1. The number of piperidine rings is 1. The fourth-order valence-corrected chi connectivity index (χ4v) is 6.26. The van der Waals surface area contributed by atoms with E-state index >= 15 is 0 Å².